The van der Waals surface area contributed by atoms with E-state index in [9.17, 15) is 4.79 Å². The van der Waals surface area contributed by atoms with Crippen LogP contribution in [0.5, 0.6) is 0 Å². The average molecular weight is 240 g/mol. The molecule has 0 atom stereocenters. The zero-order valence-corrected chi connectivity index (χ0v) is 11.5. The average Bonchev–Trinajstić information content (AvgIpc) is 2.30. The summed E-state index contributed by atoms with van der Waals surface area (Å²) in [5.74, 6) is -0.189. The number of carbonyl (C=O) groups is 1. The summed E-state index contributed by atoms with van der Waals surface area (Å²) in [5, 5.41) is 0. The minimum absolute atomic E-state index is 0.189. The molecule has 0 aliphatic carbocycles. The molecule has 0 N–H and O–H groups in total. The Bertz CT molecular complexity index is 197. The SMILES string of the molecule is CCCCCCCCC/C=C\CCOC(C)=O. The molecule has 0 aliphatic heterocycles. The van der Waals surface area contributed by atoms with Crippen LogP contribution in [0.25, 0.3) is 0 Å². The van der Waals surface area contributed by atoms with Gasteiger partial charge in [0.1, 0.15) is 0 Å². The Morgan fingerprint density at radius 2 is 1.53 bits per heavy atom. The lowest BCUT2D eigenvalue weighted by Gasteiger charge is -1.99. The van der Waals surface area contributed by atoms with Crippen molar-refractivity contribution in [3.8, 4) is 0 Å². The predicted octanol–water partition coefficient (Wildman–Crippen LogP) is 4.64. The molecule has 17 heavy (non-hydrogen) atoms. The van der Waals surface area contributed by atoms with Gasteiger partial charge in [-0.25, -0.2) is 0 Å². The molecule has 0 bridgehead atoms. The van der Waals surface area contributed by atoms with Gasteiger partial charge in [0.05, 0.1) is 6.61 Å². The third-order valence-electron chi connectivity index (χ3n) is 2.73. The van der Waals surface area contributed by atoms with Gasteiger partial charge in [-0.15, -0.1) is 0 Å². The number of carbonyl (C=O) groups excluding carboxylic acids is 1. The molecule has 0 fully saturated rings. The largest absolute Gasteiger partial charge is 0.466 e. The van der Waals surface area contributed by atoms with Crippen molar-refractivity contribution in [3.63, 3.8) is 0 Å². The van der Waals surface area contributed by atoms with Crippen LogP contribution in [0.2, 0.25) is 0 Å². The van der Waals surface area contributed by atoms with Crippen molar-refractivity contribution >= 4 is 5.97 Å². The Morgan fingerprint density at radius 3 is 2.18 bits per heavy atom. The highest BCUT2D eigenvalue weighted by molar-refractivity contribution is 5.65. The minimum atomic E-state index is -0.189. The first-order valence-corrected chi connectivity index (χ1v) is 7.05. The summed E-state index contributed by atoms with van der Waals surface area (Å²) in [6.45, 7) is 4.21. The molecule has 0 unspecified atom stereocenters. The number of allylic oxidation sites excluding steroid dienone is 1. The van der Waals surface area contributed by atoms with Crippen molar-refractivity contribution in [2.45, 2.75) is 71.6 Å². The monoisotopic (exact) mass is 240 g/mol. The third kappa shape index (κ3) is 15.2. The van der Waals surface area contributed by atoms with E-state index in [-0.39, 0.29) is 5.97 Å². The van der Waals surface area contributed by atoms with Crippen LogP contribution in [0.4, 0.5) is 0 Å². The van der Waals surface area contributed by atoms with Crippen LogP contribution >= 0.6 is 0 Å². The normalized spacial score (nSPS) is 10.9. The Balaban J connectivity index is 3.06. The zero-order valence-electron chi connectivity index (χ0n) is 11.5. The van der Waals surface area contributed by atoms with Gasteiger partial charge in [-0.1, -0.05) is 57.6 Å². The van der Waals surface area contributed by atoms with E-state index in [4.69, 9.17) is 4.74 Å². The second-order valence-corrected chi connectivity index (χ2v) is 4.51. The first kappa shape index (κ1) is 16.2. The number of esters is 1. The fourth-order valence-electron chi connectivity index (χ4n) is 1.73. The maximum Gasteiger partial charge on any atom is 0.302 e. The second-order valence-electron chi connectivity index (χ2n) is 4.51. The summed E-state index contributed by atoms with van der Waals surface area (Å²) in [5.41, 5.74) is 0. The molecular formula is C15H28O2. The fraction of sp³-hybridized carbons (Fsp3) is 0.800. The van der Waals surface area contributed by atoms with Gasteiger partial charge in [0.15, 0.2) is 0 Å². The third-order valence-corrected chi connectivity index (χ3v) is 2.73. The van der Waals surface area contributed by atoms with Gasteiger partial charge in [0.2, 0.25) is 0 Å². The second kappa shape index (κ2) is 13.3. The molecule has 0 radical (unpaired) electrons. The smallest absolute Gasteiger partial charge is 0.302 e. The Labute approximate surface area is 106 Å². The van der Waals surface area contributed by atoms with E-state index in [2.05, 4.69) is 19.1 Å². The Morgan fingerprint density at radius 1 is 0.941 bits per heavy atom. The van der Waals surface area contributed by atoms with Crippen LogP contribution < -0.4 is 0 Å². The van der Waals surface area contributed by atoms with Crippen molar-refractivity contribution in [1.82, 2.24) is 0 Å². The van der Waals surface area contributed by atoms with Crippen molar-refractivity contribution in [2.24, 2.45) is 0 Å². The van der Waals surface area contributed by atoms with E-state index in [1.165, 1.54) is 51.9 Å². The summed E-state index contributed by atoms with van der Waals surface area (Å²) >= 11 is 0. The van der Waals surface area contributed by atoms with Crippen LogP contribution in [0, 0.1) is 0 Å². The van der Waals surface area contributed by atoms with E-state index in [1.54, 1.807) is 0 Å². The molecule has 2 heteroatoms. The van der Waals surface area contributed by atoms with Gasteiger partial charge in [0.25, 0.3) is 0 Å². The number of hydrogen-bond donors (Lipinski definition) is 0. The zero-order chi connectivity index (χ0) is 12.8. The van der Waals surface area contributed by atoms with E-state index in [1.807, 2.05) is 0 Å². The molecule has 0 aromatic heterocycles. The molecule has 100 valence electrons. The lowest BCUT2D eigenvalue weighted by molar-refractivity contribution is -0.140. The first-order valence-electron chi connectivity index (χ1n) is 7.05. The summed E-state index contributed by atoms with van der Waals surface area (Å²) in [7, 11) is 0. The molecule has 2 nitrogen and oxygen atoms in total. The molecule has 0 spiro atoms. The van der Waals surface area contributed by atoms with Gasteiger partial charge in [-0.05, 0) is 19.3 Å². The number of unbranched alkanes of at least 4 members (excludes halogenated alkanes) is 7. The highest BCUT2D eigenvalue weighted by atomic mass is 16.5. The van der Waals surface area contributed by atoms with Gasteiger partial charge in [0, 0.05) is 6.92 Å². The molecule has 0 rings (SSSR count). The topological polar surface area (TPSA) is 26.3 Å². The van der Waals surface area contributed by atoms with Crippen LogP contribution in [0.15, 0.2) is 12.2 Å². The molecule has 0 amide bonds. The van der Waals surface area contributed by atoms with Crippen molar-refractivity contribution < 1.29 is 9.53 Å². The van der Waals surface area contributed by atoms with Gasteiger partial charge in [-0.3, -0.25) is 4.79 Å². The van der Waals surface area contributed by atoms with Crippen molar-refractivity contribution in [3.05, 3.63) is 12.2 Å². The van der Waals surface area contributed by atoms with E-state index in [0.29, 0.717) is 6.61 Å². The minimum Gasteiger partial charge on any atom is -0.466 e. The number of ether oxygens (including phenoxy) is 1. The Hall–Kier alpha value is -0.790. The van der Waals surface area contributed by atoms with Crippen molar-refractivity contribution in [2.75, 3.05) is 6.61 Å². The lowest BCUT2D eigenvalue weighted by Crippen LogP contribution is -1.98. The maximum atomic E-state index is 10.5. The fourth-order valence-corrected chi connectivity index (χ4v) is 1.73. The molecule has 0 aromatic carbocycles. The van der Waals surface area contributed by atoms with Gasteiger partial charge in [-0.2, -0.15) is 0 Å². The van der Waals surface area contributed by atoms with Crippen LogP contribution in [0.3, 0.4) is 0 Å². The summed E-state index contributed by atoms with van der Waals surface area (Å²) < 4.78 is 4.83. The van der Waals surface area contributed by atoms with E-state index < -0.39 is 0 Å². The first-order chi connectivity index (χ1) is 8.27. The van der Waals surface area contributed by atoms with Crippen LogP contribution in [0.1, 0.15) is 71.6 Å². The summed E-state index contributed by atoms with van der Waals surface area (Å²) in [4.78, 5) is 10.5. The maximum absolute atomic E-state index is 10.5. The van der Waals surface area contributed by atoms with E-state index >= 15 is 0 Å². The predicted molar refractivity (Wildman–Crippen MR) is 73.0 cm³/mol. The molecule has 0 aromatic rings. The molecular weight excluding hydrogens is 212 g/mol. The number of hydrogen-bond acceptors (Lipinski definition) is 2. The highest BCUT2D eigenvalue weighted by Gasteiger charge is 1.90. The van der Waals surface area contributed by atoms with Crippen LogP contribution in [-0.4, -0.2) is 12.6 Å². The number of rotatable bonds is 11. The molecule has 0 saturated heterocycles. The molecule has 0 heterocycles. The quantitative estimate of drug-likeness (QED) is 0.299. The van der Waals surface area contributed by atoms with E-state index in [0.717, 1.165) is 12.8 Å². The molecule has 0 aliphatic rings. The summed E-state index contributed by atoms with van der Waals surface area (Å²) in [6.07, 6.45) is 15.8. The lowest BCUT2D eigenvalue weighted by atomic mass is 10.1. The molecule has 0 saturated carbocycles. The van der Waals surface area contributed by atoms with Gasteiger partial charge >= 0.3 is 5.97 Å². The van der Waals surface area contributed by atoms with Gasteiger partial charge < -0.3 is 4.74 Å². The summed E-state index contributed by atoms with van der Waals surface area (Å²) in [6, 6.07) is 0. The highest BCUT2D eigenvalue weighted by Crippen LogP contribution is 2.08. The van der Waals surface area contributed by atoms with Crippen LogP contribution in [-0.2, 0) is 9.53 Å². The standard InChI is InChI=1S/C15H28O2/c1-3-4-5-6-7-8-9-10-11-12-13-14-17-15(2)16/h11-12H,3-10,13-14H2,1-2H3/b12-11-. The van der Waals surface area contributed by atoms with Crippen molar-refractivity contribution in [1.29, 1.82) is 0 Å². The Kier molecular flexibility index (Phi) is 12.7.